The summed E-state index contributed by atoms with van der Waals surface area (Å²) in [6, 6.07) is 16.1. The van der Waals surface area contributed by atoms with E-state index < -0.39 is 5.54 Å². The maximum absolute atomic E-state index is 13.8. The van der Waals surface area contributed by atoms with Gasteiger partial charge in [-0.3, -0.25) is 19.4 Å². The Morgan fingerprint density at radius 3 is 2.52 bits per heavy atom. The van der Waals surface area contributed by atoms with Crippen molar-refractivity contribution in [1.82, 2.24) is 4.90 Å². The maximum Gasteiger partial charge on any atom is 0.250 e. The van der Waals surface area contributed by atoms with E-state index in [1.807, 2.05) is 41.3 Å². The van der Waals surface area contributed by atoms with E-state index in [1.165, 1.54) is 0 Å². The summed E-state index contributed by atoms with van der Waals surface area (Å²) >= 11 is 0. The summed E-state index contributed by atoms with van der Waals surface area (Å²) in [5, 5.41) is 3.06. The Balaban J connectivity index is 1.42. The SMILES string of the molecule is COc1ccc(CN(CC(=O)N2c3ccccc3NC(=O)C23CCCC3)C2CC2)cc1. The number of methoxy groups -OCH3 is 1. The minimum absolute atomic E-state index is 0.0182. The zero-order valence-electron chi connectivity index (χ0n) is 18.0. The van der Waals surface area contributed by atoms with Gasteiger partial charge < -0.3 is 10.1 Å². The van der Waals surface area contributed by atoms with Crippen molar-refractivity contribution in [2.24, 2.45) is 0 Å². The van der Waals surface area contributed by atoms with Crippen molar-refractivity contribution >= 4 is 23.2 Å². The van der Waals surface area contributed by atoms with Crippen molar-refractivity contribution in [3.8, 4) is 5.75 Å². The Morgan fingerprint density at radius 1 is 1.13 bits per heavy atom. The first-order chi connectivity index (χ1) is 15.1. The standard InChI is InChI=1S/C25H29N3O3/c1-31-20-12-8-18(9-13-20)16-27(19-10-11-19)17-23(29)28-22-7-3-2-6-21(22)26-24(30)25(28)14-4-5-15-25/h2-3,6-9,12-13,19H,4-5,10-11,14-17H2,1H3,(H,26,30). The van der Waals surface area contributed by atoms with Crippen LogP contribution in [0.5, 0.6) is 5.75 Å². The summed E-state index contributed by atoms with van der Waals surface area (Å²) in [7, 11) is 1.66. The average molecular weight is 420 g/mol. The Hall–Kier alpha value is -2.86. The summed E-state index contributed by atoms with van der Waals surface area (Å²) in [5.41, 5.74) is 1.97. The number of fused-ring (bicyclic) bond motifs is 1. The van der Waals surface area contributed by atoms with Crippen LogP contribution >= 0.6 is 0 Å². The molecule has 0 aromatic heterocycles. The lowest BCUT2D eigenvalue weighted by Gasteiger charge is -2.45. The van der Waals surface area contributed by atoms with E-state index in [9.17, 15) is 9.59 Å². The van der Waals surface area contributed by atoms with Gasteiger partial charge in [0.1, 0.15) is 11.3 Å². The van der Waals surface area contributed by atoms with Crippen molar-refractivity contribution < 1.29 is 14.3 Å². The fourth-order valence-electron chi connectivity index (χ4n) is 5.09. The molecule has 1 aliphatic heterocycles. The Labute approximate surface area is 183 Å². The number of anilines is 2. The molecule has 0 atom stereocenters. The normalized spacial score (nSPS) is 19.4. The van der Waals surface area contributed by atoms with Crippen LogP contribution in [0.3, 0.4) is 0 Å². The molecule has 162 valence electrons. The number of benzene rings is 2. The predicted molar refractivity (Wildman–Crippen MR) is 120 cm³/mol. The number of nitrogens with zero attached hydrogens (tertiary/aromatic N) is 2. The van der Waals surface area contributed by atoms with Crippen LogP contribution in [0.25, 0.3) is 0 Å². The number of nitrogens with one attached hydrogen (secondary N) is 1. The molecule has 0 radical (unpaired) electrons. The highest BCUT2D eigenvalue weighted by Gasteiger charge is 2.52. The van der Waals surface area contributed by atoms with E-state index >= 15 is 0 Å². The molecule has 3 aliphatic rings. The van der Waals surface area contributed by atoms with Crippen molar-refractivity contribution in [3.05, 3.63) is 54.1 Å². The molecule has 1 spiro atoms. The first kappa shape index (κ1) is 20.1. The molecular formula is C25H29N3O3. The van der Waals surface area contributed by atoms with Gasteiger partial charge in [0, 0.05) is 12.6 Å². The third-order valence-corrected chi connectivity index (χ3v) is 6.87. The van der Waals surface area contributed by atoms with Crippen molar-refractivity contribution in [2.45, 2.75) is 56.7 Å². The number of para-hydroxylation sites is 2. The maximum atomic E-state index is 13.8. The average Bonchev–Trinajstić information content (AvgIpc) is 3.53. The van der Waals surface area contributed by atoms with Gasteiger partial charge in [0.15, 0.2) is 0 Å². The first-order valence-corrected chi connectivity index (χ1v) is 11.2. The van der Waals surface area contributed by atoms with Crippen LogP contribution in [0.4, 0.5) is 11.4 Å². The molecule has 0 bridgehead atoms. The molecule has 6 heteroatoms. The third-order valence-electron chi connectivity index (χ3n) is 6.87. The first-order valence-electron chi connectivity index (χ1n) is 11.2. The van der Waals surface area contributed by atoms with Crippen LogP contribution in [-0.2, 0) is 16.1 Å². The van der Waals surface area contributed by atoms with Gasteiger partial charge in [0.25, 0.3) is 5.91 Å². The van der Waals surface area contributed by atoms with Crippen molar-refractivity contribution in [1.29, 1.82) is 0 Å². The summed E-state index contributed by atoms with van der Waals surface area (Å²) in [4.78, 5) is 31.0. The molecule has 1 heterocycles. The lowest BCUT2D eigenvalue weighted by molar-refractivity contribution is -0.128. The van der Waals surface area contributed by atoms with Crippen LogP contribution in [0.15, 0.2) is 48.5 Å². The molecule has 6 nitrogen and oxygen atoms in total. The number of ether oxygens (including phenoxy) is 1. The highest BCUT2D eigenvalue weighted by Crippen LogP contribution is 2.45. The van der Waals surface area contributed by atoms with E-state index in [-0.39, 0.29) is 11.8 Å². The van der Waals surface area contributed by atoms with E-state index in [2.05, 4.69) is 22.3 Å². The van der Waals surface area contributed by atoms with Crippen LogP contribution in [0.2, 0.25) is 0 Å². The summed E-state index contributed by atoms with van der Waals surface area (Å²) < 4.78 is 5.26. The van der Waals surface area contributed by atoms with Gasteiger partial charge in [-0.2, -0.15) is 0 Å². The molecular weight excluding hydrogens is 390 g/mol. The molecule has 2 fully saturated rings. The monoisotopic (exact) mass is 419 g/mol. The van der Waals surface area contributed by atoms with Crippen molar-refractivity contribution in [2.75, 3.05) is 23.9 Å². The van der Waals surface area contributed by atoms with Gasteiger partial charge in [-0.15, -0.1) is 0 Å². The zero-order valence-corrected chi connectivity index (χ0v) is 18.0. The van der Waals surface area contributed by atoms with Gasteiger partial charge in [-0.05, 0) is 55.5 Å². The van der Waals surface area contributed by atoms with E-state index in [0.717, 1.165) is 67.8 Å². The summed E-state index contributed by atoms with van der Waals surface area (Å²) in [6.07, 6.45) is 5.62. The van der Waals surface area contributed by atoms with Crippen molar-refractivity contribution in [3.63, 3.8) is 0 Å². The highest BCUT2D eigenvalue weighted by molar-refractivity contribution is 6.15. The Kier molecular flexibility index (Phi) is 5.18. The molecule has 2 aliphatic carbocycles. The number of hydrogen-bond donors (Lipinski definition) is 1. The summed E-state index contributed by atoms with van der Waals surface area (Å²) in [6.45, 7) is 1.04. The minimum atomic E-state index is -0.749. The van der Waals surface area contributed by atoms with Crippen LogP contribution < -0.4 is 15.0 Å². The van der Waals surface area contributed by atoms with Gasteiger partial charge in [0.05, 0.1) is 25.0 Å². The summed E-state index contributed by atoms with van der Waals surface area (Å²) in [5.74, 6) is 0.812. The quantitative estimate of drug-likeness (QED) is 0.770. The molecule has 2 aromatic rings. The fraction of sp³-hybridized carbons (Fsp3) is 0.440. The molecule has 31 heavy (non-hydrogen) atoms. The Bertz CT molecular complexity index is 978. The topological polar surface area (TPSA) is 61.9 Å². The lowest BCUT2D eigenvalue weighted by Crippen LogP contribution is -2.62. The number of amides is 2. The molecule has 1 N–H and O–H groups in total. The zero-order chi connectivity index (χ0) is 21.4. The second-order valence-electron chi connectivity index (χ2n) is 8.92. The second kappa shape index (κ2) is 8.00. The smallest absolute Gasteiger partial charge is 0.250 e. The number of carbonyl (C=O) groups excluding carboxylic acids is 2. The van der Waals surface area contributed by atoms with E-state index in [0.29, 0.717) is 12.6 Å². The molecule has 0 unspecified atom stereocenters. The Morgan fingerprint density at radius 2 is 1.84 bits per heavy atom. The number of hydrogen-bond acceptors (Lipinski definition) is 4. The molecule has 0 saturated heterocycles. The fourth-order valence-corrected chi connectivity index (χ4v) is 5.09. The molecule has 5 rings (SSSR count). The second-order valence-corrected chi connectivity index (χ2v) is 8.92. The van der Waals surface area contributed by atoms with Crippen LogP contribution in [0.1, 0.15) is 44.1 Å². The van der Waals surface area contributed by atoms with Crippen LogP contribution in [-0.4, -0.2) is 41.9 Å². The third kappa shape index (κ3) is 3.69. The van der Waals surface area contributed by atoms with Gasteiger partial charge in [0.2, 0.25) is 5.91 Å². The number of rotatable bonds is 6. The minimum Gasteiger partial charge on any atom is -0.497 e. The molecule has 2 amide bonds. The number of carbonyl (C=O) groups is 2. The predicted octanol–water partition coefficient (Wildman–Crippen LogP) is 3.96. The lowest BCUT2D eigenvalue weighted by atomic mass is 9.89. The molecule has 2 aromatic carbocycles. The largest absolute Gasteiger partial charge is 0.497 e. The van der Waals surface area contributed by atoms with Crippen LogP contribution in [0, 0.1) is 0 Å². The van der Waals surface area contributed by atoms with E-state index in [1.54, 1.807) is 7.11 Å². The van der Waals surface area contributed by atoms with Gasteiger partial charge in [-0.25, -0.2) is 0 Å². The van der Waals surface area contributed by atoms with Gasteiger partial charge in [-0.1, -0.05) is 37.1 Å². The van der Waals surface area contributed by atoms with E-state index in [4.69, 9.17) is 4.74 Å². The molecule has 2 saturated carbocycles. The van der Waals surface area contributed by atoms with Gasteiger partial charge >= 0.3 is 0 Å². The highest BCUT2D eigenvalue weighted by atomic mass is 16.5.